The van der Waals surface area contributed by atoms with Crippen molar-refractivity contribution in [2.45, 2.75) is 13.0 Å². The van der Waals surface area contributed by atoms with Gasteiger partial charge in [0.05, 0.1) is 25.3 Å². The minimum Gasteiger partial charge on any atom is -0.507 e. The van der Waals surface area contributed by atoms with E-state index in [9.17, 15) is 14.7 Å². The lowest BCUT2D eigenvalue weighted by molar-refractivity contribution is -0.132. The molecule has 1 fully saturated rings. The average Bonchev–Trinajstić information content (AvgIpc) is 3.18. The molecule has 1 aliphatic heterocycles. The highest BCUT2D eigenvalue weighted by molar-refractivity contribution is 6.52. The Morgan fingerprint density at radius 3 is 2.41 bits per heavy atom. The molecular formula is C30H24ClNO5. The van der Waals surface area contributed by atoms with E-state index in [4.69, 9.17) is 21.1 Å². The van der Waals surface area contributed by atoms with Crippen molar-refractivity contribution in [1.82, 2.24) is 0 Å². The van der Waals surface area contributed by atoms with Gasteiger partial charge in [-0.15, -0.1) is 0 Å². The highest BCUT2D eigenvalue weighted by Crippen LogP contribution is 2.45. The van der Waals surface area contributed by atoms with Gasteiger partial charge >= 0.3 is 0 Å². The number of fused-ring (bicyclic) bond motifs is 1. The minimum absolute atomic E-state index is 0.0103. The van der Waals surface area contributed by atoms with Gasteiger partial charge in [0.25, 0.3) is 11.7 Å². The SMILES string of the molecule is CCOc1cc(C2/C(=C(\O)c3cccc4ccccc34)C(=O)C(=O)N2c2ccc(Cl)cc2)ccc1OC. The smallest absolute Gasteiger partial charge is 0.300 e. The van der Waals surface area contributed by atoms with Crippen LogP contribution in [0, 0.1) is 0 Å². The molecule has 0 radical (unpaired) electrons. The van der Waals surface area contributed by atoms with Gasteiger partial charge in [-0.25, -0.2) is 0 Å². The molecule has 4 aromatic rings. The standard InChI is InChI=1S/C30H24ClNO5/c1-3-37-25-17-19(11-16-24(25)36-2)27-26(28(33)23-10-6-8-18-7-4-5-9-22(18)23)29(34)30(35)32(27)21-14-12-20(31)13-15-21/h4-17,27,33H,3H2,1-2H3/b28-26+. The second-order valence-corrected chi connectivity index (χ2v) is 8.95. The summed E-state index contributed by atoms with van der Waals surface area (Å²) in [6, 6.07) is 24.0. The monoisotopic (exact) mass is 513 g/mol. The first kappa shape index (κ1) is 24.4. The molecular weight excluding hydrogens is 490 g/mol. The molecule has 4 aromatic carbocycles. The van der Waals surface area contributed by atoms with Crippen LogP contribution >= 0.6 is 11.6 Å². The van der Waals surface area contributed by atoms with Gasteiger partial charge < -0.3 is 14.6 Å². The number of ether oxygens (including phenoxy) is 2. The highest BCUT2D eigenvalue weighted by atomic mass is 35.5. The van der Waals surface area contributed by atoms with Crippen molar-refractivity contribution < 1.29 is 24.2 Å². The Labute approximate surface area is 219 Å². The molecule has 1 saturated heterocycles. The van der Waals surface area contributed by atoms with Gasteiger partial charge in [-0.05, 0) is 59.7 Å². The number of hydrogen-bond donors (Lipinski definition) is 1. The van der Waals surface area contributed by atoms with Gasteiger partial charge in [0, 0.05) is 16.3 Å². The summed E-state index contributed by atoms with van der Waals surface area (Å²) in [6.07, 6.45) is 0. The Balaban J connectivity index is 1.77. The Kier molecular flexibility index (Phi) is 6.59. The third-order valence-corrected chi connectivity index (χ3v) is 6.65. The number of hydrogen-bond acceptors (Lipinski definition) is 5. The molecule has 6 nitrogen and oxygen atoms in total. The zero-order valence-corrected chi connectivity index (χ0v) is 21.0. The number of methoxy groups -OCH3 is 1. The van der Waals surface area contributed by atoms with Gasteiger partial charge in [-0.3, -0.25) is 14.5 Å². The number of amides is 1. The van der Waals surface area contributed by atoms with Crippen LogP contribution in [0.1, 0.15) is 24.1 Å². The number of rotatable bonds is 6. The summed E-state index contributed by atoms with van der Waals surface area (Å²) in [5, 5.41) is 13.8. The number of ketones is 1. The number of anilines is 1. The van der Waals surface area contributed by atoms with Crippen molar-refractivity contribution in [3.05, 3.63) is 107 Å². The van der Waals surface area contributed by atoms with Gasteiger partial charge in [0.1, 0.15) is 5.76 Å². The summed E-state index contributed by atoms with van der Waals surface area (Å²) in [7, 11) is 1.54. The molecule has 0 aromatic heterocycles. The molecule has 5 rings (SSSR count). The van der Waals surface area contributed by atoms with Crippen LogP contribution in [-0.4, -0.2) is 30.5 Å². The molecule has 186 valence electrons. The number of carbonyl (C=O) groups excluding carboxylic acids is 2. The average molecular weight is 514 g/mol. The first-order valence-electron chi connectivity index (χ1n) is 11.8. The van der Waals surface area contributed by atoms with E-state index in [0.717, 1.165) is 10.8 Å². The normalized spacial score (nSPS) is 16.8. The van der Waals surface area contributed by atoms with E-state index < -0.39 is 17.7 Å². The van der Waals surface area contributed by atoms with Gasteiger partial charge in [0.2, 0.25) is 0 Å². The zero-order valence-electron chi connectivity index (χ0n) is 20.3. The summed E-state index contributed by atoms with van der Waals surface area (Å²) < 4.78 is 11.2. The van der Waals surface area contributed by atoms with E-state index in [1.54, 1.807) is 48.5 Å². The van der Waals surface area contributed by atoms with E-state index >= 15 is 0 Å². The molecule has 0 saturated carbocycles. The summed E-state index contributed by atoms with van der Waals surface area (Å²) in [5.74, 6) is -0.787. The number of benzene rings is 4. The van der Waals surface area contributed by atoms with Crippen LogP contribution in [0.2, 0.25) is 5.02 Å². The fourth-order valence-electron chi connectivity index (χ4n) is 4.72. The van der Waals surface area contributed by atoms with Crippen LogP contribution in [0.4, 0.5) is 5.69 Å². The number of nitrogens with zero attached hydrogens (tertiary/aromatic N) is 1. The largest absolute Gasteiger partial charge is 0.507 e. The number of carbonyl (C=O) groups is 2. The fraction of sp³-hybridized carbons (Fsp3) is 0.133. The quantitative estimate of drug-likeness (QED) is 0.180. The molecule has 0 bridgehead atoms. The zero-order chi connectivity index (χ0) is 26.1. The predicted octanol–water partition coefficient (Wildman–Crippen LogP) is 6.53. The minimum atomic E-state index is -0.912. The maximum Gasteiger partial charge on any atom is 0.300 e. The molecule has 1 unspecified atom stereocenters. The lowest BCUT2D eigenvalue weighted by Crippen LogP contribution is -2.29. The van der Waals surface area contributed by atoms with Crippen LogP contribution in [-0.2, 0) is 9.59 Å². The second-order valence-electron chi connectivity index (χ2n) is 8.52. The Morgan fingerprint density at radius 2 is 1.68 bits per heavy atom. The molecule has 1 amide bonds. The van der Waals surface area contributed by atoms with Gasteiger partial charge in [0.15, 0.2) is 11.5 Å². The lowest BCUT2D eigenvalue weighted by atomic mass is 9.93. The fourth-order valence-corrected chi connectivity index (χ4v) is 4.85. The molecule has 0 aliphatic carbocycles. The number of Topliss-reactive ketones (excluding diaryl/α,β-unsaturated/α-hetero) is 1. The Morgan fingerprint density at radius 1 is 0.946 bits per heavy atom. The summed E-state index contributed by atoms with van der Waals surface area (Å²) in [4.78, 5) is 28.4. The van der Waals surface area contributed by atoms with Crippen molar-refractivity contribution >= 4 is 45.5 Å². The van der Waals surface area contributed by atoms with Gasteiger partial charge in [-0.2, -0.15) is 0 Å². The van der Waals surface area contributed by atoms with Crippen molar-refractivity contribution in [3.63, 3.8) is 0 Å². The third-order valence-electron chi connectivity index (χ3n) is 6.40. The van der Waals surface area contributed by atoms with E-state index in [2.05, 4.69) is 0 Å². The van der Waals surface area contributed by atoms with Gasteiger partial charge in [-0.1, -0.05) is 60.1 Å². The van der Waals surface area contributed by atoms with Crippen molar-refractivity contribution in [3.8, 4) is 11.5 Å². The summed E-state index contributed by atoms with van der Waals surface area (Å²) in [6.45, 7) is 2.25. The van der Waals surface area contributed by atoms with Crippen LogP contribution in [0.3, 0.4) is 0 Å². The summed E-state index contributed by atoms with van der Waals surface area (Å²) in [5.41, 5.74) is 1.52. The van der Waals surface area contributed by atoms with E-state index in [1.165, 1.54) is 12.0 Å². The number of halogens is 1. The Bertz CT molecular complexity index is 1540. The van der Waals surface area contributed by atoms with E-state index in [-0.39, 0.29) is 11.3 Å². The third kappa shape index (κ3) is 4.30. The molecule has 37 heavy (non-hydrogen) atoms. The molecule has 0 spiro atoms. The first-order valence-corrected chi connectivity index (χ1v) is 12.2. The molecule has 1 heterocycles. The van der Waals surface area contributed by atoms with Crippen LogP contribution in [0.25, 0.3) is 16.5 Å². The van der Waals surface area contributed by atoms with E-state index in [0.29, 0.717) is 39.9 Å². The number of aliphatic hydroxyl groups is 1. The predicted molar refractivity (Wildman–Crippen MR) is 144 cm³/mol. The number of aliphatic hydroxyl groups excluding tert-OH is 1. The molecule has 1 N–H and O–H groups in total. The molecule has 1 atom stereocenters. The Hall–Kier alpha value is -4.29. The van der Waals surface area contributed by atoms with Crippen molar-refractivity contribution in [1.29, 1.82) is 0 Å². The van der Waals surface area contributed by atoms with Crippen molar-refractivity contribution in [2.24, 2.45) is 0 Å². The maximum atomic E-state index is 13.5. The molecule has 1 aliphatic rings. The molecule has 7 heteroatoms. The second kappa shape index (κ2) is 9.99. The van der Waals surface area contributed by atoms with Crippen LogP contribution in [0.5, 0.6) is 11.5 Å². The van der Waals surface area contributed by atoms with E-state index in [1.807, 2.05) is 43.3 Å². The topological polar surface area (TPSA) is 76.1 Å². The highest BCUT2D eigenvalue weighted by Gasteiger charge is 2.47. The summed E-state index contributed by atoms with van der Waals surface area (Å²) >= 11 is 6.09. The van der Waals surface area contributed by atoms with Crippen LogP contribution < -0.4 is 14.4 Å². The lowest BCUT2D eigenvalue weighted by Gasteiger charge is -2.26. The maximum absolute atomic E-state index is 13.5. The first-order chi connectivity index (χ1) is 17.9. The van der Waals surface area contributed by atoms with Crippen LogP contribution in [0.15, 0.2) is 90.5 Å². The van der Waals surface area contributed by atoms with Crippen molar-refractivity contribution in [2.75, 3.05) is 18.6 Å².